The van der Waals surface area contributed by atoms with Crippen LogP contribution in [0.15, 0.2) is 247 Å². The Morgan fingerprint density at radius 2 is 0.646 bits per heavy atom. The number of benzene rings is 10. The molecule has 12 rings (SSSR count). The third kappa shape index (κ3) is 12.4. The summed E-state index contributed by atoms with van der Waals surface area (Å²) in [6.07, 6.45) is 0. The molecule has 10 aromatic carbocycles. The lowest BCUT2D eigenvalue weighted by molar-refractivity contribution is 0.426. The van der Waals surface area contributed by atoms with Crippen molar-refractivity contribution in [1.82, 2.24) is 19.1 Å². The van der Waals surface area contributed by atoms with Gasteiger partial charge in [0, 0.05) is 15.6 Å². The van der Waals surface area contributed by atoms with E-state index in [2.05, 4.69) is 269 Å². The van der Waals surface area contributed by atoms with Gasteiger partial charge in [-0.3, -0.25) is 9.13 Å². The maximum absolute atomic E-state index is 8.94. The van der Waals surface area contributed by atoms with Crippen molar-refractivity contribution in [2.75, 3.05) is 0 Å². The van der Waals surface area contributed by atoms with Crippen LogP contribution in [0, 0.1) is 0 Å². The van der Waals surface area contributed by atoms with E-state index in [0.29, 0.717) is 29.1 Å². The van der Waals surface area contributed by atoms with E-state index in [1.807, 2.05) is 42.5 Å². The largest absolute Gasteiger partial charge is 0.488 e. The Hall–Kier alpha value is -8.40. The second-order valence-corrected chi connectivity index (χ2v) is 23.0. The number of hydrogen-bond donors (Lipinski definition) is 2. The molecule has 2 N–H and O–H groups in total. The summed E-state index contributed by atoms with van der Waals surface area (Å²) >= 11 is 3.62. The van der Waals surface area contributed by atoms with Gasteiger partial charge < -0.3 is 10.0 Å². The van der Waals surface area contributed by atoms with Crippen LogP contribution >= 0.6 is 15.9 Å². The summed E-state index contributed by atoms with van der Waals surface area (Å²) in [5.41, 5.74) is 22.0. The standard InChI is InChI=1S/C37H34N2.C25H25BrN2.C12H11BO2/c1-25(2)32-16-11-17-33(26(3)4)36(32)39-35-19-9-8-18-34(35)38-37(39)31-15-10-14-30(24-31)29-22-20-28(21-23-29)27-12-6-5-7-13-27;1-16(2)20-11-8-12-21(17(3)4)24(20)28-23-14-6-5-13-22(23)27-25(28)18-9-7-10-19(26)15-18;14-13(15)12-8-6-11(7-9-12)10-4-2-1-3-5-10/h5-26H,1-4H3;5-17H,1-4H3;1-9,14-15H. The van der Waals surface area contributed by atoms with Gasteiger partial charge in [0.2, 0.25) is 0 Å². The van der Waals surface area contributed by atoms with E-state index >= 15 is 0 Å². The Bertz CT molecular complexity index is 4040. The van der Waals surface area contributed by atoms with Crippen molar-refractivity contribution in [3.63, 3.8) is 0 Å². The van der Waals surface area contributed by atoms with Gasteiger partial charge in [-0.15, -0.1) is 0 Å². The molecule has 0 atom stereocenters. The van der Waals surface area contributed by atoms with Gasteiger partial charge in [-0.1, -0.05) is 272 Å². The van der Waals surface area contributed by atoms with Gasteiger partial charge >= 0.3 is 7.12 Å². The molecule has 408 valence electrons. The predicted octanol–water partition coefficient (Wildman–Crippen LogP) is 19.0. The molecular formula is C74H70BBrN4O2. The lowest BCUT2D eigenvalue weighted by Gasteiger charge is -2.22. The summed E-state index contributed by atoms with van der Waals surface area (Å²) in [5, 5.41) is 17.9. The van der Waals surface area contributed by atoms with Crippen LogP contribution in [0.25, 0.3) is 89.6 Å². The van der Waals surface area contributed by atoms with E-state index in [4.69, 9.17) is 20.0 Å². The highest BCUT2D eigenvalue weighted by molar-refractivity contribution is 9.10. The van der Waals surface area contributed by atoms with Gasteiger partial charge in [0.05, 0.1) is 33.4 Å². The van der Waals surface area contributed by atoms with Crippen LogP contribution < -0.4 is 5.46 Å². The van der Waals surface area contributed by atoms with Crippen molar-refractivity contribution < 1.29 is 10.0 Å². The Kier molecular flexibility index (Phi) is 17.7. The van der Waals surface area contributed by atoms with Gasteiger partial charge in [0.1, 0.15) is 11.6 Å². The molecule has 0 saturated heterocycles. The average molecular weight is 1140 g/mol. The maximum Gasteiger partial charge on any atom is 0.488 e. The fraction of sp³-hybridized carbons (Fsp3) is 0.162. The molecule has 8 heteroatoms. The molecular weight excluding hydrogens is 1070 g/mol. The number of aromatic nitrogens is 4. The highest BCUT2D eigenvalue weighted by Crippen LogP contribution is 2.40. The van der Waals surface area contributed by atoms with Gasteiger partial charge in [-0.2, -0.15) is 0 Å². The number of halogens is 1. The molecule has 12 aromatic rings. The Labute approximate surface area is 492 Å². The molecule has 0 saturated carbocycles. The van der Waals surface area contributed by atoms with E-state index in [1.165, 1.54) is 55.9 Å². The summed E-state index contributed by atoms with van der Waals surface area (Å²) in [4.78, 5) is 10.3. The number of para-hydroxylation sites is 6. The van der Waals surface area contributed by atoms with Crippen molar-refractivity contribution in [2.45, 2.75) is 79.1 Å². The van der Waals surface area contributed by atoms with Gasteiger partial charge in [0.15, 0.2) is 0 Å². The van der Waals surface area contributed by atoms with Gasteiger partial charge in [0.25, 0.3) is 0 Å². The number of hydrogen-bond acceptors (Lipinski definition) is 4. The van der Waals surface area contributed by atoms with Crippen molar-refractivity contribution in [3.05, 3.63) is 269 Å². The Balaban J connectivity index is 0.000000152. The molecule has 0 aliphatic carbocycles. The minimum Gasteiger partial charge on any atom is -0.423 e. The van der Waals surface area contributed by atoms with Crippen LogP contribution in [0.5, 0.6) is 0 Å². The van der Waals surface area contributed by atoms with Gasteiger partial charge in [-0.05, 0) is 127 Å². The number of imidazole rings is 2. The smallest absolute Gasteiger partial charge is 0.423 e. The maximum atomic E-state index is 8.94. The van der Waals surface area contributed by atoms with E-state index in [-0.39, 0.29) is 0 Å². The first-order valence-electron chi connectivity index (χ1n) is 28.5. The van der Waals surface area contributed by atoms with Crippen molar-refractivity contribution >= 4 is 50.6 Å². The zero-order chi connectivity index (χ0) is 57.4. The van der Waals surface area contributed by atoms with Crippen molar-refractivity contribution in [2.24, 2.45) is 0 Å². The molecule has 0 unspecified atom stereocenters. The lowest BCUT2D eigenvalue weighted by Crippen LogP contribution is -2.29. The monoisotopic (exact) mass is 1140 g/mol. The third-order valence-electron chi connectivity index (χ3n) is 15.1. The molecule has 0 aliphatic rings. The SMILES string of the molecule is CC(C)c1cccc(C(C)C)c1-n1c(-c2cccc(-c3ccc(-c4ccccc4)cc3)c2)nc2ccccc21.CC(C)c1cccc(C(C)C)c1-n1c(-c2cccc(Br)c2)nc2ccccc21.OB(O)c1ccc(-c2ccccc2)cc1. The summed E-state index contributed by atoms with van der Waals surface area (Å²) in [6.45, 7) is 18.2. The molecule has 2 heterocycles. The summed E-state index contributed by atoms with van der Waals surface area (Å²) in [6, 6.07) is 84.1. The van der Waals surface area contributed by atoms with E-state index in [1.54, 1.807) is 12.1 Å². The fourth-order valence-electron chi connectivity index (χ4n) is 10.9. The first-order chi connectivity index (χ1) is 39.7. The molecule has 0 amide bonds. The molecule has 0 aliphatic heterocycles. The minimum atomic E-state index is -1.39. The van der Waals surface area contributed by atoms with Gasteiger partial charge in [-0.25, -0.2) is 9.97 Å². The Morgan fingerprint density at radius 3 is 1.05 bits per heavy atom. The summed E-state index contributed by atoms with van der Waals surface area (Å²) < 4.78 is 5.82. The number of nitrogens with zero attached hydrogens (tertiary/aromatic N) is 4. The van der Waals surface area contributed by atoms with Crippen LogP contribution in [-0.4, -0.2) is 36.3 Å². The van der Waals surface area contributed by atoms with E-state index in [0.717, 1.165) is 60.4 Å². The second-order valence-electron chi connectivity index (χ2n) is 22.1. The number of rotatable bonds is 12. The van der Waals surface area contributed by atoms with Crippen LogP contribution in [-0.2, 0) is 0 Å². The topological polar surface area (TPSA) is 76.1 Å². The van der Waals surface area contributed by atoms with E-state index in [9.17, 15) is 0 Å². The Morgan fingerprint density at radius 1 is 0.329 bits per heavy atom. The molecule has 6 nitrogen and oxygen atoms in total. The highest BCUT2D eigenvalue weighted by Gasteiger charge is 2.24. The zero-order valence-electron chi connectivity index (χ0n) is 48.0. The molecule has 0 radical (unpaired) electrons. The predicted molar refractivity (Wildman–Crippen MR) is 350 cm³/mol. The summed E-state index contributed by atoms with van der Waals surface area (Å²) in [7, 11) is -1.39. The lowest BCUT2D eigenvalue weighted by atomic mass is 9.80. The molecule has 82 heavy (non-hydrogen) atoms. The van der Waals surface area contributed by atoms with E-state index < -0.39 is 7.12 Å². The first kappa shape index (κ1) is 56.9. The second kappa shape index (κ2) is 25.6. The van der Waals surface area contributed by atoms with Crippen molar-refractivity contribution in [3.8, 4) is 67.5 Å². The average Bonchev–Trinajstić information content (AvgIpc) is 4.22. The van der Waals surface area contributed by atoms with Crippen LogP contribution in [0.3, 0.4) is 0 Å². The summed E-state index contributed by atoms with van der Waals surface area (Å²) in [5.74, 6) is 3.59. The molecule has 0 bridgehead atoms. The molecule has 0 fully saturated rings. The van der Waals surface area contributed by atoms with Crippen LogP contribution in [0.2, 0.25) is 0 Å². The fourth-order valence-corrected chi connectivity index (χ4v) is 11.3. The minimum absolute atomic E-state index is 0.391. The van der Waals surface area contributed by atoms with Crippen LogP contribution in [0.4, 0.5) is 0 Å². The quantitative estimate of drug-likeness (QED) is 0.120. The van der Waals surface area contributed by atoms with Crippen LogP contribution in [0.1, 0.15) is 101 Å². The number of fused-ring (bicyclic) bond motifs is 2. The van der Waals surface area contributed by atoms with Crippen molar-refractivity contribution in [1.29, 1.82) is 0 Å². The third-order valence-corrected chi connectivity index (χ3v) is 15.6. The molecule has 2 aromatic heterocycles. The molecule has 0 spiro atoms. The first-order valence-corrected chi connectivity index (χ1v) is 29.3. The highest BCUT2D eigenvalue weighted by atomic mass is 79.9. The zero-order valence-corrected chi connectivity index (χ0v) is 49.6. The normalized spacial score (nSPS) is 11.3.